The molecule has 120 valence electrons. The van der Waals surface area contributed by atoms with E-state index in [1.807, 2.05) is 0 Å². The predicted molar refractivity (Wildman–Crippen MR) is 86.6 cm³/mol. The Hall–Kier alpha value is -0.770. The standard InChI is InChI=1S/C17H31N3O/c1-3-18-15(19-12-16(2)8-9-16)20-10-4-6-17(13-20)7-5-11-21-14-17/h3-14H2,1-2H3,(H,18,19). The Morgan fingerprint density at radius 2 is 2.05 bits per heavy atom. The predicted octanol–water partition coefficient (Wildman–Crippen LogP) is 2.64. The molecule has 3 aliphatic rings. The summed E-state index contributed by atoms with van der Waals surface area (Å²) in [5.41, 5.74) is 0.873. The lowest BCUT2D eigenvalue weighted by molar-refractivity contribution is -0.0370. The summed E-state index contributed by atoms with van der Waals surface area (Å²) in [6, 6.07) is 0. The van der Waals surface area contributed by atoms with Crippen molar-refractivity contribution in [3.05, 3.63) is 0 Å². The van der Waals surface area contributed by atoms with Gasteiger partial charge >= 0.3 is 0 Å². The Kier molecular flexibility index (Phi) is 4.43. The Labute approximate surface area is 129 Å². The molecule has 0 radical (unpaired) electrons. The van der Waals surface area contributed by atoms with Gasteiger partial charge in [0.2, 0.25) is 0 Å². The maximum Gasteiger partial charge on any atom is 0.193 e. The topological polar surface area (TPSA) is 36.9 Å². The molecule has 3 fully saturated rings. The van der Waals surface area contributed by atoms with Gasteiger partial charge in [-0.3, -0.25) is 4.99 Å². The summed E-state index contributed by atoms with van der Waals surface area (Å²) in [5, 5.41) is 3.51. The highest BCUT2D eigenvalue weighted by Crippen LogP contribution is 2.45. The van der Waals surface area contributed by atoms with Gasteiger partial charge in [0.25, 0.3) is 0 Å². The van der Waals surface area contributed by atoms with Crippen LogP contribution in [-0.2, 0) is 4.74 Å². The number of guanidine groups is 1. The number of hydrogen-bond acceptors (Lipinski definition) is 2. The lowest BCUT2D eigenvalue weighted by atomic mass is 9.76. The molecule has 3 rings (SSSR count). The third-order valence-corrected chi connectivity index (χ3v) is 5.41. The van der Waals surface area contributed by atoms with E-state index in [1.165, 1.54) is 38.5 Å². The molecule has 4 heteroatoms. The van der Waals surface area contributed by atoms with E-state index in [-0.39, 0.29) is 0 Å². The molecule has 0 aromatic carbocycles. The van der Waals surface area contributed by atoms with Crippen LogP contribution in [0.5, 0.6) is 0 Å². The number of likely N-dealkylation sites (tertiary alicyclic amines) is 1. The normalized spacial score (nSPS) is 32.3. The molecule has 1 atom stereocenters. The van der Waals surface area contributed by atoms with Crippen LogP contribution in [0.25, 0.3) is 0 Å². The summed E-state index contributed by atoms with van der Waals surface area (Å²) >= 11 is 0. The molecule has 21 heavy (non-hydrogen) atoms. The van der Waals surface area contributed by atoms with Gasteiger partial charge in [0, 0.05) is 38.2 Å². The molecule has 1 saturated carbocycles. The van der Waals surface area contributed by atoms with E-state index < -0.39 is 0 Å². The van der Waals surface area contributed by atoms with Gasteiger partial charge in [-0.15, -0.1) is 0 Å². The van der Waals surface area contributed by atoms with Crippen LogP contribution in [0.15, 0.2) is 4.99 Å². The highest BCUT2D eigenvalue weighted by Gasteiger charge is 2.39. The van der Waals surface area contributed by atoms with E-state index in [0.29, 0.717) is 10.8 Å². The van der Waals surface area contributed by atoms with E-state index in [0.717, 1.165) is 45.4 Å². The smallest absolute Gasteiger partial charge is 0.193 e. The fourth-order valence-electron chi connectivity index (χ4n) is 3.68. The van der Waals surface area contributed by atoms with Gasteiger partial charge in [-0.1, -0.05) is 6.92 Å². The van der Waals surface area contributed by atoms with E-state index in [2.05, 4.69) is 24.1 Å². The Morgan fingerprint density at radius 1 is 1.24 bits per heavy atom. The molecule has 1 N–H and O–H groups in total. The molecule has 2 saturated heterocycles. The second-order valence-corrected chi connectivity index (χ2v) is 7.66. The fraction of sp³-hybridized carbons (Fsp3) is 0.941. The summed E-state index contributed by atoms with van der Waals surface area (Å²) < 4.78 is 5.79. The first kappa shape index (κ1) is 15.1. The average molecular weight is 293 g/mol. The van der Waals surface area contributed by atoms with E-state index >= 15 is 0 Å². The largest absolute Gasteiger partial charge is 0.381 e. The zero-order chi connectivity index (χ0) is 14.8. The molecule has 2 aliphatic heterocycles. The third-order valence-electron chi connectivity index (χ3n) is 5.41. The van der Waals surface area contributed by atoms with E-state index in [1.54, 1.807) is 0 Å². The van der Waals surface area contributed by atoms with Gasteiger partial charge in [0.15, 0.2) is 5.96 Å². The van der Waals surface area contributed by atoms with Crippen molar-refractivity contribution in [2.24, 2.45) is 15.8 Å². The van der Waals surface area contributed by atoms with Crippen LogP contribution in [0, 0.1) is 10.8 Å². The minimum Gasteiger partial charge on any atom is -0.381 e. The summed E-state index contributed by atoms with van der Waals surface area (Å²) in [4.78, 5) is 7.43. The van der Waals surface area contributed by atoms with Crippen LogP contribution in [0.1, 0.15) is 52.4 Å². The average Bonchev–Trinajstić information content (AvgIpc) is 3.22. The minimum atomic E-state index is 0.385. The molecule has 0 bridgehead atoms. The quantitative estimate of drug-likeness (QED) is 0.642. The van der Waals surface area contributed by atoms with Gasteiger partial charge in [0.05, 0.1) is 6.61 Å². The minimum absolute atomic E-state index is 0.385. The molecule has 1 spiro atoms. The van der Waals surface area contributed by atoms with Crippen LogP contribution in [0.3, 0.4) is 0 Å². The fourth-order valence-corrected chi connectivity index (χ4v) is 3.68. The number of piperidine rings is 1. The monoisotopic (exact) mass is 293 g/mol. The first-order valence-electron chi connectivity index (χ1n) is 8.76. The molecule has 1 unspecified atom stereocenters. The number of hydrogen-bond donors (Lipinski definition) is 1. The highest BCUT2D eigenvalue weighted by atomic mass is 16.5. The van der Waals surface area contributed by atoms with Gasteiger partial charge < -0.3 is 15.0 Å². The van der Waals surface area contributed by atoms with Crippen molar-refractivity contribution < 1.29 is 4.74 Å². The van der Waals surface area contributed by atoms with E-state index in [4.69, 9.17) is 9.73 Å². The maximum atomic E-state index is 5.79. The number of ether oxygens (including phenoxy) is 1. The molecule has 0 aromatic heterocycles. The van der Waals surface area contributed by atoms with Crippen molar-refractivity contribution in [3.63, 3.8) is 0 Å². The second-order valence-electron chi connectivity index (χ2n) is 7.66. The Bertz CT molecular complexity index is 378. The lowest BCUT2D eigenvalue weighted by Crippen LogP contribution is -2.53. The molecular formula is C17H31N3O. The first-order chi connectivity index (χ1) is 10.1. The zero-order valence-corrected chi connectivity index (χ0v) is 13.8. The highest BCUT2D eigenvalue weighted by molar-refractivity contribution is 5.80. The molecule has 1 aliphatic carbocycles. The number of nitrogens with zero attached hydrogens (tertiary/aromatic N) is 2. The summed E-state index contributed by atoms with van der Waals surface area (Å²) in [5.74, 6) is 1.13. The molecule has 0 amide bonds. The van der Waals surface area contributed by atoms with Crippen molar-refractivity contribution in [1.82, 2.24) is 10.2 Å². The maximum absolute atomic E-state index is 5.79. The van der Waals surface area contributed by atoms with Gasteiger partial charge in [0.1, 0.15) is 0 Å². The molecule has 2 heterocycles. The molecular weight excluding hydrogens is 262 g/mol. The van der Waals surface area contributed by atoms with Crippen LogP contribution in [0.2, 0.25) is 0 Å². The number of rotatable bonds is 3. The third kappa shape index (κ3) is 3.71. The van der Waals surface area contributed by atoms with Crippen LogP contribution in [-0.4, -0.2) is 50.3 Å². The number of nitrogens with one attached hydrogen (secondary N) is 1. The van der Waals surface area contributed by atoms with Crippen LogP contribution >= 0.6 is 0 Å². The summed E-state index contributed by atoms with van der Waals surface area (Å²) in [6.07, 6.45) is 7.81. The van der Waals surface area contributed by atoms with Crippen molar-refractivity contribution in [3.8, 4) is 0 Å². The summed E-state index contributed by atoms with van der Waals surface area (Å²) in [7, 11) is 0. The van der Waals surface area contributed by atoms with Gasteiger partial charge in [-0.05, 0) is 50.9 Å². The number of aliphatic imine (C=N–C) groups is 1. The van der Waals surface area contributed by atoms with Crippen molar-refractivity contribution in [1.29, 1.82) is 0 Å². The van der Waals surface area contributed by atoms with Gasteiger partial charge in [-0.2, -0.15) is 0 Å². The van der Waals surface area contributed by atoms with Crippen molar-refractivity contribution in [2.75, 3.05) is 39.4 Å². The summed E-state index contributed by atoms with van der Waals surface area (Å²) in [6.45, 7) is 10.6. The van der Waals surface area contributed by atoms with Crippen LogP contribution < -0.4 is 5.32 Å². The van der Waals surface area contributed by atoms with E-state index in [9.17, 15) is 0 Å². The Balaban J connectivity index is 1.66. The van der Waals surface area contributed by atoms with Crippen LogP contribution in [0.4, 0.5) is 0 Å². The molecule has 4 nitrogen and oxygen atoms in total. The molecule has 0 aromatic rings. The van der Waals surface area contributed by atoms with Crippen molar-refractivity contribution in [2.45, 2.75) is 52.4 Å². The van der Waals surface area contributed by atoms with Gasteiger partial charge in [-0.25, -0.2) is 0 Å². The zero-order valence-electron chi connectivity index (χ0n) is 13.8. The Morgan fingerprint density at radius 3 is 2.71 bits per heavy atom. The SMILES string of the molecule is CCNC(=NCC1(C)CC1)N1CCCC2(CCCOC2)C1. The second kappa shape index (κ2) is 6.15. The first-order valence-corrected chi connectivity index (χ1v) is 8.76. The lowest BCUT2D eigenvalue weighted by Gasteiger charge is -2.45. The van der Waals surface area contributed by atoms with Crippen molar-refractivity contribution >= 4 is 5.96 Å².